The van der Waals surface area contributed by atoms with Gasteiger partial charge in [0.2, 0.25) is 5.91 Å². The van der Waals surface area contributed by atoms with Gasteiger partial charge in [-0.05, 0) is 13.0 Å². The molecular weight excluding hydrogens is 264 g/mol. The largest absolute Gasteiger partial charge is 0.369 e. The van der Waals surface area contributed by atoms with Crippen LogP contribution in [0.3, 0.4) is 0 Å². The molecule has 0 spiro atoms. The molecule has 2 N–H and O–H groups in total. The van der Waals surface area contributed by atoms with Gasteiger partial charge in [0.15, 0.2) is 0 Å². The Hall–Kier alpha value is -1.10. The van der Waals surface area contributed by atoms with E-state index in [1.54, 1.807) is 0 Å². The molecule has 1 aromatic rings. The highest BCUT2D eigenvalue weighted by Gasteiger charge is 2.30. The van der Waals surface area contributed by atoms with Crippen molar-refractivity contribution in [3.05, 3.63) is 34.9 Å². The Morgan fingerprint density at radius 2 is 2.26 bits per heavy atom. The van der Waals surface area contributed by atoms with Gasteiger partial charge in [-0.2, -0.15) is 0 Å². The second kappa shape index (κ2) is 6.37. The van der Waals surface area contributed by atoms with Crippen molar-refractivity contribution in [1.82, 2.24) is 4.90 Å². The average Bonchev–Trinajstić information content (AvgIpc) is 2.40. The highest BCUT2D eigenvalue weighted by Crippen LogP contribution is 2.30. The number of amides is 1. The monoisotopic (exact) mass is 282 g/mol. The van der Waals surface area contributed by atoms with Crippen LogP contribution in [0.15, 0.2) is 24.3 Å². The van der Waals surface area contributed by atoms with Crippen molar-refractivity contribution in [3.8, 4) is 0 Å². The van der Waals surface area contributed by atoms with Gasteiger partial charge in [-0.25, -0.2) is 0 Å². The van der Waals surface area contributed by atoms with Crippen LogP contribution < -0.4 is 5.73 Å². The molecule has 0 radical (unpaired) electrons. The number of hydrogen-bond acceptors (Lipinski definition) is 3. The first kappa shape index (κ1) is 14.3. The summed E-state index contributed by atoms with van der Waals surface area (Å²) >= 11 is 6.18. The SMILES string of the molecule is C[C@@H]1CO[C@H](c2ccccc2Cl)CN1C(=O)CCN. The third-order valence-corrected chi connectivity index (χ3v) is 3.71. The smallest absolute Gasteiger partial charge is 0.224 e. The molecular formula is C14H19ClN2O2. The van der Waals surface area contributed by atoms with Crippen molar-refractivity contribution < 1.29 is 9.53 Å². The van der Waals surface area contributed by atoms with Crippen LogP contribution in [0, 0.1) is 0 Å². The number of carbonyl (C=O) groups is 1. The molecule has 1 heterocycles. The van der Waals surface area contributed by atoms with Crippen LogP contribution in [-0.2, 0) is 9.53 Å². The second-order valence-electron chi connectivity index (χ2n) is 4.78. The van der Waals surface area contributed by atoms with Crippen LogP contribution >= 0.6 is 11.6 Å². The number of carbonyl (C=O) groups excluding carboxylic acids is 1. The van der Waals surface area contributed by atoms with Crippen LogP contribution in [0.4, 0.5) is 0 Å². The summed E-state index contributed by atoms with van der Waals surface area (Å²) in [7, 11) is 0. The number of halogens is 1. The average molecular weight is 283 g/mol. The van der Waals surface area contributed by atoms with Crippen LogP contribution in [-0.4, -0.2) is 36.5 Å². The number of nitrogens with two attached hydrogens (primary N) is 1. The fraction of sp³-hybridized carbons (Fsp3) is 0.500. The van der Waals surface area contributed by atoms with Crippen LogP contribution in [0.25, 0.3) is 0 Å². The van der Waals surface area contributed by atoms with E-state index in [0.717, 1.165) is 5.56 Å². The maximum Gasteiger partial charge on any atom is 0.224 e. The molecule has 0 unspecified atom stereocenters. The second-order valence-corrected chi connectivity index (χ2v) is 5.18. The summed E-state index contributed by atoms with van der Waals surface area (Å²) in [4.78, 5) is 13.9. The summed E-state index contributed by atoms with van der Waals surface area (Å²) in [6, 6.07) is 7.67. The number of morpholine rings is 1. The Labute approximate surface area is 118 Å². The molecule has 0 aliphatic carbocycles. The van der Waals surface area contributed by atoms with Gasteiger partial charge in [0.05, 0.1) is 19.2 Å². The lowest BCUT2D eigenvalue weighted by Crippen LogP contribution is -2.48. The standard InChI is InChI=1S/C14H19ClN2O2/c1-10-9-19-13(8-17(10)14(18)6-7-16)11-4-2-3-5-12(11)15/h2-5,10,13H,6-9,16H2,1H3/t10-,13+/m1/s1. The van der Waals surface area contributed by atoms with E-state index in [2.05, 4.69) is 0 Å². The first-order valence-electron chi connectivity index (χ1n) is 6.49. The molecule has 1 fully saturated rings. The Bertz CT molecular complexity index is 453. The number of rotatable bonds is 3. The Morgan fingerprint density at radius 3 is 2.95 bits per heavy atom. The lowest BCUT2D eigenvalue weighted by atomic mass is 10.1. The molecule has 1 aromatic carbocycles. The van der Waals surface area contributed by atoms with E-state index in [-0.39, 0.29) is 18.1 Å². The van der Waals surface area contributed by atoms with Crippen molar-refractivity contribution in [2.24, 2.45) is 5.73 Å². The van der Waals surface area contributed by atoms with E-state index in [9.17, 15) is 4.79 Å². The van der Waals surface area contributed by atoms with E-state index in [1.165, 1.54) is 0 Å². The van der Waals surface area contributed by atoms with Crippen molar-refractivity contribution in [2.45, 2.75) is 25.5 Å². The van der Waals surface area contributed by atoms with Crippen molar-refractivity contribution in [1.29, 1.82) is 0 Å². The molecule has 0 bridgehead atoms. The van der Waals surface area contributed by atoms with Crippen LogP contribution in [0.1, 0.15) is 25.0 Å². The predicted octanol–water partition coefficient (Wildman–Crippen LogP) is 1.98. The number of nitrogens with zero attached hydrogens (tertiary/aromatic N) is 1. The molecule has 2 atom stereocenters. The van der Waals surface area contributed by atoms with E-state index < -0.39 is 0 Å². The molecule has 4 nitrogen and oxygen atoms in total. The maximum atomic E-state index is 12.0. The minimum absolute atomic E-state index is 0.0790. The van der Waals surface area contributed by atoms with Crippen LogP contribution in [0.2, 0.25) is 5.02 Å². The van der Waals surface area contributed by atoms with Gasteiger partial charge in [-0.3, -0.25) is 4.79 Å². The topological polar surface area (TPSA) is 55.6 Å². The summed E-state index contributed by atoms with van der Waals surface area (Å²) in [5.74, 6) is 0.0790. The molecule has 0 aromatic heterocycles. The molecule has 19 heavy (non-hydrogen) atoms. The predicted molar refractivity (Wildman–Crippen MR) is 75.0 cm³/mol. The zero-order valence-corrected chi connectivity index (χ0v) is 11.8. The Morgan fingerprint density at radius 1 is 1.53 bits per heavy atom. The fourth-order valence-corrected chi connectivity index (χ4v) is 2.55. The normalized spacial score (nSPS) is 23.4. The number of hydrogen-bond donors (Lipinski definition) is 1. The molecule has 1 amide bonds. The van der Waals surface area contributed by atoms with Gasteiger partial charge in [0.25, 0.3) is 0 Å². The summed E-state index contributed by atoms with van der Waals surface area (Å²) in [5.41, 5.74) is 6.38. The van der Waals surface area contributed by atoms with Crippen molar-refractivity contribution in [3.63, 3.8) is 0 Å². The summed E-state index contributed by atoms with van der Waals surface area (Å²) in [5, 5.41) is 0.674. The van der Waals surface area contributed by atoms with Gasteiger partial charge in [-0.15, -0.1) is 0 Å². The highest BCUT2D eigenvalue weighted by atomic mass is 35.5. The van der Waals surface area contributed by atoms with E-state index in [0.29, 0.717) is 31.1 Å². The maximum absolute atomic E-state index is 12.0. The van der Waals surface area contributed by atoms with Crippen LogP contribution in [0.5, 0.6) is 0 Å². The quantitative estimate of drug-likeness (QED) is 0.922. The van der Waals surface area contributed by atoms with Crippen molar-refractivity contribution >= 4 is 17.5 Å². The third kappa shape index (κ3) is 3.26. The van der Waals surface area contributed by atoms with E-state index in [1.807, 2.05) is 36.1 Å². The molecule has 1 saturated heterocycles. The minimum Gasteiger partial charge on any atom is -0.369 e. The zero-order valence-electron chi connectivity index (χ0n) is 11.0. The number of ether oxygens (including phenoxy) is 1. The molecule has 1 aliphatic heterocycles. The third-order valence-electron chi connectivity index (χ3n) is 3.36. The molecule has 104 valence electrons. The number of benzene rings is 1. The minimum atomic E-state index is -0.161. The summed E-state index contributed by atoms with van der Waals surface area (Å²) in [6.07, 6.45) is 0.214. The van der Waals surface area contributed by atoms with E-state index >= 15 is 0 Å². The van der Waals surface area contributed by atoms with Gasteiger partial charge >= 0.3 is 0 Å². The molecule has 2 rings (SSSR count). The Balaban J connectivity index is 2.13. The fourth-order valence-electron chi connectivity index (χ4n) is 2.30. The van der Waals surface area contributed by atoms with E-state index in [4.69, 9.17) is 22.1 Å². The molecule has 5 heteroatoms. The lowest BCUT2D eigenvalue weighted by molar-refractivity contribution is -0.144. The first-order valence-corrected chi connectivity index (χ1v) is 6.87. The zero-order chi connectivity index (χ0) is 13.8. The molecule has 1 aliphatic rings. The van der Waals surface area contributed by atoms with Gasteiger partial charge in [-0.1, -0.05) is 29.8 Å². The molecule has 0 saturated carbocycles. The van der Waals surface area contributed by atoms with Gasteiger partial charge in [0, 0.05) is 23.6 Å². The summed E-state index contributed by atoms with van der Waals surface area (Å²) in [6.45, 7) is 3.41. The first-order chi connectivity index (χ1) is 9.13. The summed E-state index contributed by atoms with van der Waals surface area (Å²) < 4.78 is 5.81. The highest BCUT2D eigenvalue weighted by molar-refractivity contribution is 6.31. The lowest BCUT2D eigenvalue weighted by Gasteiger charge is -2.38. The van der Waals surface area contributed by atoms with Crippen molar-refractivity contribution in [2.75, 3.05) is 19.7 Å². The van der Waals surface area contributed by atoms with Gasteiger partial charge in [0.1, 0.15) is 6.10 Å². The van der Waals surface area contributed by atoms with Gasteiger partial charge < -0.3 is 15.4 Å². The Kier molecular flexibility index (Phi) is 4.80.